The summed E-state index contributed by atoms with van der Waals surface area (Å²) < 4.78 is 0. The number of piperidine rings is 1. The molecule has 0 aromatic carbocycles. The van der Waals surface area contributed by atoms with Crippen LogP contribution in [0.3, 0.4) is 0 Å². The summed E-state index contributed by atoms with van der Waals surface area (Å²) >= 11 is 0. The number of rotatable bonds is 2. The standard InChI is InChI=1S/C11H22N2O3/c1-7(2)12-11(16)4-6-13-5-3-8(14)9(15)10(11)13/h7-10,12,14-16H,3-6H2,1-2H3. The van der Waals surface area contributed by atoms with Crippen molar-refractivity contribution >= 4 is 0 Å². The normalized spacial score (nSPS) is 45.0. The topological polar surface area (TPSA) is 76.0 Å². The van der Waals surface area contributed by atoms with Crippen LogP contribution in [0.2, 0.25) is 0 Å². The highest BCUT2D eigenvalue weighted by atomic mass is 16.3. The van der Waals surface area contributed by atoms with Crippen molar-refractivity contribution in [2.75, 3.05) is 13.1 Å². The number of hydrogen-bond acceptors (Lipinski definition) is 5. The van der Waals surface area contributed by atoms with E-state index in [2.05, 4.69) is 10.2 Å². The Morgan fingerprint density at radius 3 is 2.62 bits per heavy atom. The average Bonchev–Trinajstić information content (AvgIpc) is 2.49. The van der Waals surface area contributed by atoms with Gasteiger partial charge in [-0.25, -0.2) is 0 Å². The summed E-state index contributed by atoms with van der Waals surface area (Å²) in [5.41, 5.74) is -1.07. The Kier molecular flexibility index (Phi) is 3.25. The van der Waals surface area contributed by atoms with Crippen LogP contribution in [0.1, 0.15) is 26.7 Å². The average molecular weight is 230 g/mol. The Balaban J connectivity index is 2.16. The molecule has 0 radical (unpaired) electrons. The second-order valence-corrected chi connectivity index (χ2v) is 5.30. The largest absolute Gasteiger partial charge is 0.390 e. The first-order valence-corrected chi connectivity index (χ1v) is 6.04. The van der Waals surface area contributed by atoms with Crippen LogP contribution in [0, 0.1) is 0 Å². The molecule has 5 nitrogen and oxygen atoms in total. The van der Waals surface area contributed by atoms with E-state index in [0.29, 0.717) is 12.8 Å². The van der Waals surface area contributed by atoms with Gasteiger partial charge in [0.15, 0.2) is 0 Å². The van der Waals surface area contributed by atoms with Crippen molar-refractivity contribution in [3.8, 4) is 0 Å². The SMILES string of the molecule is CC(C)NC1(O)CCN2CCC(O)C(O)C21. The minimum atomic E-state index is -1.07. The lowest BCUT2D eigenvalue weighted by Crippen LogP contribution is -2.65. The van der Waals surface area contributed by atoms with Gasteiger partial charge in [0, 0.05) is 25.6 Å². The molecule has 2 aliphatic heterocycles. The Morgan fingerprint density at radius 2 is 2.00 bits per heavy atom. The third-order valence-electron chi connectivity index (χ3n) is 3.63. The third kappa shape index (κ3) is 1.98. The van der Waals surface area contributed by atoms with Gasteiger partial charge in [0.25, 0.3) is 0 Å². The summed E-state index contributed by atoms with van der Waals surface area (Å²) in [5.74, 6) is 0. The van der Waals surface area contributed by atoms with Crippen LogP contribution in [0.5, 0.6) is 0 Å². The van der Waals surface area contributed by atoms with Gasteiger partial charge in [-0.15, -0.1) is 0 Å². The zero-order chi connectivity index (χ0) is 11.9. The van der Waals surface area contributed by atoms with Crippen LogP contribution in [0.4, 0.5) is 0 Å². The fourth-order valence-electron chi connectivity index (χ4n) is 2.99. The molecule has 4 N–H and O–H groups in total. The molecule has 4 unspecified atom stereocenters. The van der Waals surface area contributed by atoms with Gasteiger partial charge in [-0.1, -0.05) is 0 Å². The maximum Gasteiger partial charge on any atom is 0.135 e. The van der Waals surface area contributed by atoms with Crippen molar-refractivity contribution < 1.29 is 15.3 Å². The molecule has 2 saturated heterocycles. The summed E-state index contributed by atoms with van der Waals surface area (Å²) in [6.45, 7) is 5.44. The van der Waals surface area contributed by atoms with Gasteiger partial charge in [-0.2, -0.15) is 0 Å². The second kappa shape index (κ2) is 4.23. The van der Waals surface area contributed by atoms with Crippen LogP contribution >= 0.6 is 0 Å². The van der Waals surface area contributed by atoms with Crippen molar-refractivity contribution in [3.63, 3.8) is 0 Å². The highest BCUT2D eigenvalue weighted by Crippen LogP contribution is 2.34. The molecule has 0 aromatic heterocycles. The van der Waals surface area contributed by atoms with Gasteiger partial charge >= 0.3 is 0 Å². The van der Waals surface area contributed by atoms with Gasteiger partial charge < -0.3 is 15.3 Å². The van der Waals surface area contributed by atoms with Gasteiger partial charge in [0.05, 0.1) is 18.2 Å². The molecule has 94 valence electrons. The smallest absolute Gasteiger partial charge is 0.135 e. The molecule has 5 heteroatoms. The van der Waals surface area contributed by atoms with E-state index in [1.165, 1.54) is 0 Å². The predicted molar refractivity (Wildman–Crippen MR) is 59.8 cm³/mol. The molecule has 2 fully saturated rings. The molecule has 0 bridgehead atoms. The summed E-state index contributed by atoms with van der Waals surface area (Å²) in [6.07, 6.45) is -0.415. The van der Waals surface area contributed by atoms with Crippen molar-refractivity contribution in [2.45, 2.75) is 56.7 Å². The first kappa shape index (κ1) is 12.3. The highest BCUT2D eigenvalue weighted by molar-refractivity contribution is 5.06. The van der Waals surface area contributed by atoms with Crippen molar-refractivity contribution in [1.29, 1.82) is 0 Å². The minimum absolute atomic E-state index is 0.149. The van der Waals surface area contributed by atoms with E-state index in [-0.39, 0.29) is 6.04 Å². The lowest BCUT2D eigenvalue weighted by Gasteiger charge is -2.43. The molecular weight excluding hydrogens is 208 g/mol. The maximum absolute atomic E-state index is 10.5. The van der Waals surface area contributed by atoms with Crippen molar-refractivity contribution in [1.82, 2.24) is 10.2 Å². The molecule has 2 rings (SSSR count). The maximum atomic E-state index is 10.5. The molecule has 0 spiro atoms. The summed E-state index contributed by atoms with van der Waals surface area (Å²) in [6, 6.07) is -0.241. The second-order valence-electron chi connectivity index (χ2n) is 5.30. The van der Waals surface area contributed by atoms with Gasteiger partial charge in [-0.05, 0) is 20.3 Å². The van der Waals surface area contributed by atoms with E-state index in [1.807, 2.05) is 13.8 Å². The Hall–Kier alpha value is -0.200. The fraction of sp³-hybridized carbons (Fsp3) is 1.00. The van der Waals surface area contributed by atoms with E-state index in [1.54, 1.807) is 0 Å². The number of aliphatic hydroxyl groups is 3. The number of fused-ring (bicyclic) bond motifs is 1. The third-order valence-corrected chi connectivity index (χ3v) is 3.63. The molecule has 4 atom stereocenters. The van der Waals surface area contributed by atoms with Crippen molar-refractivity contribution in [2.24, 2.45) is 0 Å². The molecule has 0 saturated carbocycles. The molecule has 0 aromatic rings. The predicted octanol–water partition coefficient (Wildman–Crippen LogP) is -1.13. The fourth-order valence-corrected chi connectivity index (χ4v) is 2.99. The molecule has 0 amide bonds. The van der Waals surface area contributed by atoms with E-state index in [4.69, 9.17) is 0 Å². The number of nitrogens with one attached hydrogen (secondary N) is 1. The van der Waals surface area contributed by atoms with E-state index in [9.17, 15) is 15.3 Å². The van der Waals surface area contributed by atoms with E-state index >= 15 is 0 Å². The van der Waals surface area contributed by atoms with Crippen molar-refractivity contribution in [3.05, 3.63) is 0 Å². The number of nitrogens with zero attached hydrogens (tertiary/aromatic N) is 1. The first-order chi connectivity index (χ1) is 7.44. The Bertz CT molecular complexity index is 262. The lowest BCUT2D eigenvalue weighted by atomic mass is 9.90. The zero-order valence-electron chi connectivity index (χ0n) is 9.93. The summed E-state index contributed by atoms with van der Waals surface area (Å²) in [5, 5.41) is 33.3. The van der Waals surface area contributed by atoms with Crippen LogP contribution in [-0.4, -0.2) is 63.3 Å². The number of hydrogen-bond donors (Lipinski definition) is 4. The minimum Gasteiger partial charge on any atom is -0.390 e. The molecular formula is C11H22N2O3. The van der Waals surface area contributed by atoms with Crippen LogP contribution in [0.15, 0.2) is 0 Å². The van der Waals surface area contributed by atoms with Gasteiger partial charge in [-0.3, -0.25) is 10.2 Å². The van der Waals surface area contributed by atoms with Crippen LogP contribution in [0.25, 0.3) is 0 Å². The highest BCUT2D eigenvalue weighted by Gasteiger charge is 2.53. The van der Waals surface area contributed by atoms with Gasteiger partial charge in [0.1, 0.15) is 5.72 Å². The quantitative estimate of drug-likeness (QED) is 0.452. The molecule has 2 aliphatic rings. The monoisotopic (exact) mass is 230 g/mol. The lowest BCUT2D eigenvalue weighted by molar-refractivity contribution is -0.132. The molecule has 16 heavy (non-hydrogen) atoms. The number of aliphatic hydroxyl groups excluding tert-OH is 2. The molecule has 2 heterocycles. The summed E-state index contributed by atoms with van der Waals surface area (Å²) in [7, 11) is 0. The van der Waals surface area contributed by atoms with Gasteiger partial charge in [0.2, 0.25) is 0 Å². The Morgan fingerprint density at radius 1 is 1.31 bits per heavy atom. The first-order valence-electron chi connectivity index (χ1n) is 6.04. The van der Waals surface area contributed by atoms with E-state index in [0.717, 1.165) is 13.1 Å². The van der Waals surface area contributed by atoms with E-state index < -0.39 is 24.0 Å². The molecule has 0 aliphatic carbocycles. The van der Waals surface area contributed by atoms with Crippen LogP contribution in [-0.2, 0) is 0 Å². The zero-order valence-corrected chi connectivity index (χ0v) is 9.93. The Labute approximate surface area is 96.1 Å². The summed E-state index contributed by atoms with van der Waals surface area (Å²) in [4.78, 5) is 2.06. The van der Waals surface area contributed by atoms with Crippen LogP contribution < -0.4 is 5.32 Å².